The van der Waals surface area contributed by atoms with Crippen molar-refractivity contribution in [3.05, 3.63) is 28.8 Å². The van der Waals surface area contributed by atoms with Crippen LogP contribution in [0, 0.1) is 6.92 Å². The number of aliphatic hydroxyl groups excluding tert-OH is 1. The SMILES string of the molecule is Cc1c(Cl)cccc1N1C(CO)CNCC1(C)C. The van der Waals surface area contributed by atoms with Gasteiger partial charge in [0.1, 0.15) is 0 Å². The lowest BCUT2D eigenvalue weighted by atomic mass is 9.94. The van der Waals surface area contributed by atoms with Gasteiger partial charge in [0.25, 0.3) is 0 Å². The molecular weight excluding hydrogens is 248 g/mol. The molecule has 1 aromatic rings. The molecule has 2 rings (SSSR count). The van der Waals surface area contributed by atoms with Crippen LogP contribution in [0.1, 0.15) is 19.4 Å². The molecule has 4 heteroatoms. The van der Waals surface area contributed by atoms with E-state index < -0.39 is 0 Å². The molecule has 18 heavy (non-hydrogen) atoms. The summed E-state index contributed by atoms with van der Waals surface area (Å²) in [7, 11) is 0. The van der Waals surface area contributed by atoms with E-state index in [4.69, 9.17) is 11.6 Å². The summed E-state index contributed by atoms with van der Waals surface area (Å²) in [5.74, 6) is 0. The Morgan fingerprint density at radius 3 is 2.89 bits per heavy atom. The van der Waals surface area contributed by atoms with Gasteiger partial charge >= 0.3 is 0 Å². The van der Waals surface area contributed by atoms with Crippen LogP contribution in [0.15, 0.2) is 18.2 Å². The minimum atomic E-state index is -0.0406. The molecule has 0 aliphatic carbocycles. The van der Waals surface area contributed by atoms with Gasteiger partial charge in [-0.3, -0.25) is 0 Å². The topological polar surface area (TPSA) is 35.5 Å². The van der Waals surface area contributed by atoms with Crippen LogP contribution in [-0.2, 0) is 0 Å². The molecule has 1 atom stereocenters. The lowest BCUT2D eigenvalue weighted by Crippen LogP contribution is -2.64. The highest BCUT2D eigenvalue weighted by Gasteiger charge is 2.36. The van der Waals surface area contributed by atoms with Crippen LogP contribution >= 0.6 is 11.6 Å². The van der Waals surface area contributed by atoms with Crippen molar-refractivity contribution in [1.29, 1.82) is 0 Å². The monoisotopic (exact) mass is 268 g/mol. The molecule has 1 aliphatic heterocycles. The number of halogens is 1. The number of nitrogens with zero attached hydrogens (tertiary/aromatic N) is 1. The summed E-state index contributed by atoms with van der Waals surface area (Å²) in [5, 5.41) is 13.8. The first-order chi connectivity index (χ1) is 8.47. The normalized spacial score (nSPS) is 23.2. The first-order valence-corrected chi connectivity index (χ1v) is 6.71. The number of rotatable bonds is 2. The number of hydrogen-bond donors (Lipinski definition) is 2. The van der Waals surface area contributed by atoms with Gasteiger partial charge in [0.2, 0.25) is 0 Å². The lowest BCUT2D eigenvalue weighted by molar-refractivity contribution is 0.212. The smallest absolute Gasteiger partial charge is 0.0651 e. The molecule has 0 radical (unpaired) electrons. The minimum absolute atomic E-state index is 0.0406. The van der Waals surface area contributed by atoms with Gasteiger partial charge in [-0.15, -0.1) is 0 Å². The van der Waals surface area contributed by atoms with Crippen molar-refractivity contribution in [3.63, 3.8) is 0 Å². The molecule has 1 aromatic carbocycles. The Morgan fingerprint density at radius 1 is 1.50 bits per heavy atom. The number of anilines is 1. The van der Waals surface area contributed by atoms with Gasteiger partial charge in [-0.25, -0.2) is 0 Å². The number of nitrogens with one attached hydrogen (secondary N) is 1. The average Bonchev–Trinajstić information content (AvgIpc) is 2.32. The molecule has 1 aliphatic rings. The lowest BCUT2D eigenvalue weighted by Gasteiger charge is -2.49. The fourth-order valence-corrected chi connectivity index (χ4v) is 2.91. The van der Waals surface area contributed by atoms with E-state index >= 15 is 0 Å². The van der Waals surface area contributed by atoms with E-state index in [1.54, 1.807) is 0 Å². The van der Waals surface area contributed by atoms with Gasteiger partial charge in [0, 0.05) is 29.3 Å². The van der Waals surface area contributed by atoms with Crippen molar-refractivity contribution in [2.75, 3.05) is 24.6 Å². The van der Waals surface area contributed by atoms with Crippen LogP contribution < -0.4 is 10.2 Å². The van der Waals surface area contributed by atoms with E-state index in [-0.39, 0.29) is 18.2 Å². The number of piperazine rings is 1. The Labute approximate surface area is 114 Å². The van der Waals surface area contributed by atoms with E-state index in [2.05, 4.69) is 30.1 Å². The molecule has 0 aromatic heterocycles. The second-order valence-electron chi connectivity index (χ2n) is 5.53. The van der Waals surface area contributed by atoms with Crippen LogP contribution in [0.2, 0.25) is 5.02 Å². The zero-order chi connectivity index (χ0) is 13.3. The molecule has 0 saturated carbocycles. The molecule has 1 fully saturated rings. The Hall–Kier alpha value is -0.770. The fraction of sp³-hybridized carbons (Fsp3) is 0.571. The highest BCUT2D eigenvalue weighted by atomic mass is 35.5. The maximum atomic E-state index is 9.60. The quantitative estimate of drug-likeness (QED) is 0.863. The second-order valence-corrected chi connectivity index (χ2v) is 5.94. The van der Waals surface area contributed by atoms with Gasteiger partial charge in [-0.05, 0) is 38.5 Å². The van der Waals surface area contributed by atoms with Crippen molar-refractivity contribution in [3.8, 4) is 0 Å². The molecule has 2 N–H and O–H groups in total. The Balaban J connectivity index is 2.46. The van der Waals surface area contributed by atoms with E-state index in [9.17, 15) is 5.11 Å². The third-order valence-corrected chi connectivity index (χ3v) is 4.07. The van der Waals surface area contributed by atoms with Crippen molar-refractivity contribution >= 4 is 17.3 Å². The Bertz CT molecular complexity index is 434. The first-order valence-electron chi connectivity index (χ1n) is 6.33. The van der Waals surface area contributed by atoms with Crippen molar-refractivity contribution in [1.82, 2.24) is 5.32 Å². The molecule has 0 bridgehead atoms. The first kappa shape index (κ1) is 13.7. The standard InChI is InChI=1S/C14H21ClN2O/c1-10-12(15)5-4-6-13(10)17-11(8-18)7-16-9-14(17,2)3/h4-6,11,16,18H,7-9H2,1-3H3. The van der Waals surface area contributed by atoms with Crippen LogP contribution in [0.25, 0.3) is 0 Å². The largest absolute Gasteiger partial charge is 0.394 e. The van der Waals surface area contributed by atoms with E-state index in [1.165, 1.54) is 0 Å². The summed E-state index contributed by atoms with van der Waals surface area (Å²) >= 11 is 6.21. The van der Waals surface area contributed by atoms with Crippen LogP contribution in [-0.4, -0.2) is 36.4 Å². The summed E-state index contributed by atoms with van der Waals surface area (Å²) in [5.41, 5.74) is 2.15. The molecular formula is C14H21ClN2O. The summed E-state index contributed by atoms with van der Waals surface area (Å²) in [4.78, 5) is 2.30. The summed E-state index contributed by atoms with van der Waals surface area (Å²) in [6.45, 7) is 8.23. The molecule has 1 saturated heterocycles. The Morgan fingerprint density at radius 2 is 2.22 bits per heavy atom. The summed E-state index contributed by atoms with van der Waals surface area (Å²) < 4.78 is 0. The van der Waals surface area contributed by atoms with Gasteiger partial charge in [0.15, 0.2) is 0 Å². The molecule has 1 heterocycles. The highest BCUT2D eigenvalue weighted by Crippen LogP contribution is 2.34. The zero-order valence-electron chi connectivity index (χ0n) is 11.2. The maximum Gasteiger partial charge on any atom is 0.0651 e. The Kier molecular flexibility index (Phi) is 3.85. The number of hydrogen-bond acceptors (Lipinski definition) is 3. The summed E-state index contributed by atoms with van der Waals surface area (Å²) in [6.07, 6.45) is 0. The molecule has 0 amide bonds. The molecule has 1 unspecified atom stereocenters. The van der Waals surface area contributed by atoms with Gasteiger partial charge < -0.3 is 15.3 Å². The van der Waals surface area contributed by atoms with Crippen LogP contribution in [0.5, 0.6) is 0 Å². The third-order valence-electron chi connectivity index (χ3n) is 3.66. The molecule has 100 valence electrons. The average molecular weight is 269 g/mol. The third kappa shape index (κ3) is 2.35. The minimum Gasteiger partial charge on any atom is -0.394 e. The van der Waals surface area contributed by atoms with Crippen molar-refractivity contribution < 1.29 is 5.11 Å². The van der Waals surface area contributed by atoms with E-state index in [1.807, 2.05) is 19.1 Å². The van der Waals surface area contributed by atoms with Crippen molar-refractivity contribution in [2.45, 2.75) is 32.4 Å². The fourth-order valence-electron chi connectivity index (χ4n) is 2.74. The highest BCUT2D eigenvalue weighted by molar-refractivity contribution is 6.31. The number of benzene rings is 1. The van der Waals surface area contributed by atoms with Crippen LogP contribution in [0.3, 0.4) is 0 Å². The summed E-state index contributed by atoms with van der Waals surface area (Å²) in [6, 6.07) is 6.04. The zero-order valence-corrected chi connectivity index (χ0v) is 12.0. The van der Waals surface area contributed by atoms with Gasteiger partial charge in [-0.1, -0.05) is 17.7 Å². The maximum absolute atomic E-state index is 9.60. The van der Waals surface area contributed by atoms with Crippen LogP contribution in [0.4, 0.5) is 5.69 Å². The van der Waals surface area contributed by atoms with Crippen molar-refractivity contribution in [2.24, 2.45) is 0 Å². The predicted octanol–water partition coefficient (Wildman–Crippen LogP) is 2.20. The second kappa shape index (κ2) is 5.08. The van der Waals surface area contributed by atoms with E-state index in [0.29, 0.717) is 0 Å². The van der Waals surface area contributed by atoms with E-state index in [0.717, 1.165) is 29.4 Å². The van der Waals surface area contributed by atoms with Gasteiger partial charge in [0.05, 0.1) is 12.6 Å². The van der Waals surface area contributed by atoms with Gasteiger partial charge in [-0.2, -0.15) is 0 Å². The molecule has 3 nitrogen and oxygen atoms in total. The molecule has 0 spiro atoms. The number of aliphatic hydroxyl groups is 1. The predicted molar refractivity (Wildman–Crippen MR) is 76.5 cm³/mol.